The first kappa shape index (κ1) is 11.8. The zero-order valence-corrected chi connectivity index (χ0v) is 11.4. The van der Waals surface area contributed by atoms with Gasteiger partial charge in [0.1, 0.15) is 5.82 Å². The summed E-state index contributed by atoms with van der Waals surface area (Å²) in [4.78, 5) is 0.301. The van der Waals surface area contributed by atoms with Gasteiger partial charge in [-0.05, 0) is 18.8 Å². The van der Waals surface area contributed by atoms with Crippen LogP contribution in [0.3, 0.4) is 0 Å². The molecular weight excluding hydrogens is 252 g/mol. The van der Waals surface area contributed by atoms with Crippen molar-refractivity contribution in [1.29, 1.82) is 0 Å². The summed E-state index contributed by atoms with van der Waals surface area (Å²) >= 11 is 0. The van der Waals surface area contributed by atoms with Crippen molar-refractivity contribution in [1.82, 2.24) is 9.78 Å². The number of hydrogen-bond acceptors (Lipinski definition) is 5. The zero-order chi connectivity index (χ0) is 12.9. The van der Waals surface area contributed by atoms with E-state index in [2.05, 4.69) is 15.7 Å². The Hall–Kier alpha value is -1.24. The number of sulfone groups is 1. The van der Waals surface area contributed by atoms with Gasteiger partial charge in [-0.25, -0.2) is 13.1 Å². The fourth-order valence-corrected chi connectivity index (χ4v) is 4.15. The third-order valence-corrected chi connectivity index (χ3v) is 5.07. The van der Waals surface area contributed by atoms with Crippen LogP contribution in [0.25, 0.3) is 0 Å². The average Bonchev–Trinajstić information content (AvgIpc) is 2.90. The molecular formula is C11H18N4O2S. The molecule has 7 heteroatoms. The monoisotopic (exact) mass is 270 g/mol. The quantitative estimate of drug-likeness (QED) is 0.841. The molecule has 0 saturated heterocycles. The van der Waals surface area contributed by atoms with Crippen molar-refractivity contribution in [2.75, 3.05) is 30.5 Å². The summed E-state index contributed by atoms with van der Waals surface area (Å²) in [5.74, 6) is 1.69. The molecule has 0 radical (unpaired) electrons. The molecule has 1 aliphatic carbocycles. The highest BCUT2D eigenvalue weighted by molar-refractivity contribution is 7.91. The predicted octanol–water partition coefficient (Wildman–Crippen LogP) is 1.09. The van der Waals surface area contributed by atoms with Crippen LogP contribution in [0, 0.1) is 5.92 Å². The van der Waals surface area contributed by atoms with Crippen molar-refractivity contribution in [2.24, 2.45) is 5.92 Å². The number of rotatable bonds is 2. The van der Waals surface area contributed by atoms with Crippen LogP contribution in [0.15, 0.2) is 4.90 Å². The lowest BCUT2D eigenvalue weighted by atomic mass is 10.0. The molecule has 2 N–H and O–H groups in total. The Bertz CT molecular complexity index is 578. The topological polar surface area (TPSA) is 76.0 Å². The minimum Gasteiger partial charge on any atom is -0.371 e. The van der Waals surface area contributed by atoms with Gasteiger partial charge in [0.15, 0.2) is 20.6 Å². The number of aromatic nitrogens is 2. The van der Waals surface area contributed by atoms with Crippen molar-refractivity contribution in [2.45, 2.75) is 30.2 Å². The molecule has 0 amide bonds. The molecule has 0 bridgehead atoms. The number of fused-ring (bicyclic) bond motifs is 3. The molecule has 6 nitrogen and oxygen atoms in total. The van der Waals surface area contributed by atoms with Gasteiger partial charge in [-0.1, -0.05) is 6.42 Å². The van der Waals surface area contributed by atoms with Crippen LogP contribution in [0.2, 0.25) is 0 Å². The van der Waals surface area contributed by atoms with Crippen LogP contribution in [0.4, 0.5) is 11.6 Å². The molecule has 2 heterocycles. The van der Waals surface area contributed by atoms with Gasteiger partial charge in [-0.15, -0.1) is 0 Å². The predicted molar refractivity (Wildman–Crippen MR) is 69.8 cm³/mol. The fraction of sp³-hybridized carbons (Fsp3) is 0.727. The van der Waals surface area contributed by atoms with E-state index in [1.54, 1.807) is 7.05 Å². The van der Waals surface area contributed by atoms with Crippen molar-refractivity contribution in [3.63, 3.8) is 0 Å². The van der Waals surface area contributed by atoms with E-state index in [1.807, 2.05) is 4.68 Å². The first-order chi connectivity index (χ1) is 8.52. The molecule has 2 unspecified atom stereocenters. The molecule has 1 aromatic rings. The van der Waals surface area contributed by atoms with E-state index in [9.17, 15) is 8.42 Å². The minimum atomic E-state index is -3.28. The van der Waals surface area contributed by atoms with E-state index in [-0.39, 0.29) is 0 Å². The van der Waals surface area contributed by atoms with Gasteiger partial charge in [0.25, 0.3) is 0 Å². The summed E-state index contributed by atoms with van der Waals surface area (Å²) in [5.41, 5.74) is 0. The lowest BCUT2D eigenvalue weighted by Crippen LogP contribution is -2.30. The Kier molecular flexibility index (Phi) is 2.55. The van der Waals surface area contributed by atoms with Crippen LogP contribution in [-0.2, 0) is 9.84 Å². The maximum absolute atomic E-state index is 11.9. The number of nitrogens with zero attached hydrogens (tertiary/aromatic N) is 2. The molecule has 1 aromatic heterocycles. The third kappa shape index (κ3) is 1.60. The Labute approximate surface area is 107 Å². The first-order valence-corrected chi connectivity index (χ1v) is 8.15. The number of anilines is 2. The van der Waals surface area contributed by atoms with Gasteiger partial charge in [-0.3, -0.25) is 0 Å². The smallest absolute Gasteiger partial charge is 0.182 e. The van der Waals surface area contributed by atoms with Crippen LogP contribution < -0.4 is 10.6 Å². The van der Waals surface area contributed by atoms with Crippen LogP contribution in [0.5, 0.6) is 0 Å². The van der Waals surface area contributed by atoms with E-state index in [1.165, 1.54) is 19.1 Å². The molecule has 0 aromatic carbocycles. The maximum Gasteiger partial charge on any atom is 0.182 e. The average molecular weight is 270 g/mol. The lowest BCUT2D eigenvalue weighted by molar-refractivity contribution is 0.347. The molecule has 1 aliphatic heterocycles. The summed E-state index contributed by atoms with van der Waals surface area (Å²) in [6, 6.07) is 0.351. The first-order valence-electron chi connectivity index (χ1n) is 6.26. The minimum absolute atomic E-state index is 0.301. The number of nitrogens with one attached hydrogen (secondary N) is 2. The maximum atomic E-state index is 11.9. The highest BCUT2D eigenvalue weighted by atomic mass is 32.2. The lowest BCUT2D eigenvalue weighted by Gasteiger charge is -2.28. The molecule has 3 rings (SSSR count). The van der Waals surface area contributed by atoms with Crippen molar-refractivity contribution < 1.29 is 8.42 Å². The summed E-state index contributed by atoms with van der Waals surface area (Å²) in [7, 11) is -1.58. The van der Waals surface area contributed by atoms with Gasteiger partial charge in [0.05, 0.1) is 6.04 Å². The van der Waals surface area contributed by atoms with Crippen LogP contribution in [-0.4, -0.2) is 38.0 Å². The highest BCUT2D eigenvalue weighted by Crippen LogP contribution is 2.43. The SMILES string of the molecule is CNc1nn2c(c1S(C)(=O)=O)NCC1CCCC12. The molecule has 2 aliphatic rings. The normalized spacial score (nSPS) is 26.3. The van der Waals surface area contributed by atoms with Crippen molar-refractivity contribution in [3.8, 4) is 0 Å². The Morgan fingerprint density at radius 3 is 2.89 bits per heavy atom. The van der Waals surface area contributed by atoms with Gasteiger partial charge < -0.3 is 10.6 Å². The molecule has 1 fully saturated rings. The summed E-state index contributed by atoms with van der Waals surface area (Å²) in [5, 5.41) is 10.6. The largest absolute Gasteiger partial charge is 0.371 e. The zero-order valence-electron chi connectivity index (χ0n) is 10.6. The second-order valence-corrected chi connectivity index (χ2v) is 7.08. The number of hydrogen-bond donors (Lipinski definition) is 2. The molecule has 0 spiro atoms. The van der Waals surface area contributed by atoms with E-state index < -0.39 is 9.84 Å². The Morgan fingerprint density at radius 1 is 1.44 bits per heavy atom. The summed E-state index contributed by atoms with van der Waals surface area (Å²) in [6.45, 7) is 0.849. The van der Waals surface area contributed by atoms with Gasteiger partial charge >= 0.3 is 0 Å². The van der Waals surface area contributed by atoms with E-state index >= 15 is 0 Å². The van der Waals surface area contributed by atoms with E-state index in [0.29, 0.717) is 28.5 Å². The van der Waals surface area contributed by atoms with Crippen LogP contribution in [0.1, 0.15) is 25.3 Å². The third-order valence-electron chi connectivity index (χ3n) is 3.94. The highest BCUT2D eigenvalue weighted by Gasteiger charge is 2.38. The van der Waals surface area contributed by atoms with E-state index in [4.69, 9.17) is 0 Å². The molecule has 18 heavy (non-hydrogen) atoms. The van der Waals surface area contributed by atoms with E-state index in [0.717, 1.165) is 13.0 Å². The van der Waals surface area contributed by atoms with Crippen molar-refractivity contribution in [3.05, 3.63) is 0 Å². The second-order valence-electron chi connectivity index (χ2n) is 5.13. The van der Waals surface area contributed by atoms with Crippen LogP contribution >= 0.6 is 0 Å². The Morgan fingerprint density at radius 2 is 2.22 bits per heavy atom. The Balaban J connectivity index is 2.18. The summed E-state index contributed by atoms with van der Waals surface area (Å²) < 4.78 is 25.7. The standard InChI is InChI=1S/C11H18N4O2S/c1-12-10-9(18(2,16)17)11-13-6-7-4-3-5-8(7)15(11)14-10/h7-8,13H,3-6H2,1-2H3,(H,12,14). The molecule has 100 valence electrons. The van der Waals surface area contributed by atoms with Gasteiger partial charge in [-0.2, -0.15) is 5.10 Å². The molecule has 1 saturated carbocycles. The fourth-order valence-electron chi connectivity index (χ4n) is 3.14. The second kappa shape index (κ2) is 3.88. The van der Waals surface area contributed by atoms with Gasteiger partial charge in [0, 0.05) is 19.8 Å². The van der Waals surface area contributed by atoms with Gasteiger partial charge in [0.2, 0.25) is 0 Å². The summed E-state index contributed by atoms with van der Waals surface area (Å²) in [6.07, 6.45) is 4.71. The molecule has 2 atom stereocenters. The van der Waals surface area contributed by atoms with Crippen molar-refractivity contribution >= 4 is 21.5 Å².